The maximum absolute atomic E-state index is 13.3. The van der Waals surface area contributed by atoms with Crippen molar-refractivity contribution in [1.82, 2.24) is 9.97 Å². The minimum Gasteiger partial charge on any atom is -0.352 e. The van der Waals surface area contributed by atoms with Crippen molar-refractivity contribution in [1.29, 1.82) is 0 Å². The van der Waals surface area contributed by atoms with Gasteiger partial charge in [0.25, 0.3) is 0 Å². The summed E-state index contributed by atoms with van der Waals surface area (Å²) in [6.07, 6.45) is 2.73. The van der Waals surface area contributed by atoms with Crippen LogP contribution < -0.4 is 10.2 Å². The SMILES string of the molecule is Fc1cccc(Nc2nccc(N3CCc4ccccc4C3)n2)c1. The second-order valence-corrected chi connectivity index (χ2v) is 5.81. The Morgan fingerprint density at radius 1 is 1.00 bits per heavy atom. The Morgan fingerprint density at radius 3 is 2.75 bits per heavy atom. The molecule has 2 heterocycles. The van der Waals surface area contributed by atoms with Gasteiger partial charge in [-0.25, -0.2) is 9.37 Å². The van der Waals surface area contributed by atoms with Gasteiger partial charge in [-0.05, 0) is 41.8 Å². The van der Waals surface area contributed by atoms with Crippen LogP contribution in [0.5, 0.6) is 0 Å². The maximum atomic E-state index is 13.3. The number of nitrogens with zero attached hydrogens (tertiary/aromatic N) is 3. The van der Waals surface area contributed by atoms with Crippen molar-refractivity contribution in [2.45, 2.75) is 13.0 Å². The molecule has 0 atom stereocenters. The minimum absolute atomic E-state index is 0.288. The van der Waals surface area contributed by atoms with E-state index in [1.165, 1.54) is 23.3 Å². The van der Waals surface area contributed by atoms with Gasteiger partial charge >= 0.3 is 0 Å². The average molecular weight is 320 g/mol. The molecule has 3 aromatic rings. The molecule has 0 amide bonds. The smallest absolute Gasteiger partial charge is 0.229 e. The Labute approximate surface area is 140 Å². The molecular weight excluding hydrogens is 303 g/mol. The van der Waals surface area contributed by atoms with Crippen LogP contribution in [0, 0.1) is 5.82 Å². The third kappa shape index (κ3) is 3.06. The first kappa shape index (κ1) is 14.6. The fourth-order valence-corrected chi connectivity index (χ4v) is 2.97. The van der Waals surface area contributed by atoms with Gasteiger partial charge in [-0.2, -0.15) is 4.98 Å². The number of hydrogen-bond acceptors (Lipinski definition) is 4. The van der Waals surface area contributed by atoms with Crippen LogP contribution in [0.4, 0.5) is 21.8 Å². The van der Waals surface area contributed by atoms with E-state index in [0.29, 0.717) is 11.6 Å². The highest BCUT2D eigenvalue weighted by molar-refractivity contribution is 5.55. The molecule has 0 spiro atoms. The van der Waals surface area contributed by atoms with Crippen LogP contribution >= 0.6 is 0 Å². The van der Waals surface area contributed by atoms with Crippen LogP contribution in [0.15, 0.2) is 60.8 Å². The summed E-state index contributed by atoms with van der Waals surface area (Å²) in [6.45, 7) is 1.76. The van der Waals surface area contributed by atoms with Gasteiger partial charge in [0, 0.05) is 25.0 Å². The number of benzene rings is 2. The molecule has 1 N–H and O–H groups in total. The molecule has 0 saturated heterocycles. The van der Waals surface area contributed by atoms with E-state index in [1.807, 2.05) is 6.07 Å². The van der Waals surface area contributed by atoms with Gasteiger partial charge < -0.3 is 10.2 Å². The largest absolute Gasteiger partial charge is 0.352 e. The molecule has 0 fully saturated rings. The Bertz CT molecular complexity index is 865. The van der Waals surface area contributed by atoms with Crippen molar-refractivity contribution >= 4 is 17.5 Å². The molecule has 0 saturated carbocycles. The van der Waals surface area contributed by atoms with Gasteiger partial charge in [-0.3, -0.25) is 0 Å². The fourth-order valence-electron chi connectivity index (χ4n) is 2.97. The highest BCUT2D eigenvalue weighted by atomic mass is 19.1. The molecule has 0 bridgehead atoms. The second-order valence-electron chi connectivity index (χ2n) is 5.81. The minimum atomic E-state index is -0.288. The standard InChI is InChI=1S/C19H17FN4/c20-16-6-3-7-17(12-16)22-19-21-10-8-18(23-19)24-11-9-14-4-1-2-5-15(14)13-24/h1-8,10,12H,9,11,13H2,(H,21,22,23). The van der Waals surface area contributed by atoms with Crippen molar-refractivity contribution < 1.29 is 4.39 Å². The van der Waals surface area contributed by atoms with Crippen LogP contribution in [-0.4, -0.2) is 16.5 Å². The van der Waals surface area contributed by atoms with E-state index >= 15 is 0 Å². The number of rotatable bonds is 3. The van der Waals surface area contributed by atoms with Gasteiger partial charge in [-0.1, -0.05) is 30.3 Å². The van der Waals surface area contributed by atoms with Gasteiger partial charge in [0.15, 0.2) is 0 Å². The highest BCUT2D eigenvalue weighted by Crippen LogP contribution is 2.24. The summed E-state index contributed by atoms with van der Waals surface area (Å²) < 4.78 is 13.3. The molecule has 1 aromatic heterocycles. The van der Waals surface area contributed by atoms with E-state index in [1.54, 1.807) is 18.3 Å². The molecule has 5 heteroatoms. The topological polar surface area (TPSA) is 41.1 Å². The van der Waals surface area contributed by atoms with Gasteiger partial charge in [-0.15, -0.1) is 0 Å². The zero-order valence-corrected chi connectivity index (χ0v) is 13.1. The van der Waals surface area contributed by atoms with Crippen LogP contribution in [0.1, 0.15) is 11.1 Å². The lowest BCUT2D eigenvalue weighted by Crippen LogP contribution is -2.31. The summed E-state index contributed by atoms with van der Waals surface area (Å²) in [5, 5.41) is 3.05. The molecule has 0 radical (unpaired) electrons. The first-order valence-corrected chi connectivity index (χ1v) is 7.95. The number of nitrogens with one attached hydrogen (secondary N) is 1. The van der Waals surface area contributed by atoms with E-state index in [9.17, 15) is 4.39 Å². The lowest BCUT2D eigenvalue weighted by molar-refractivity contribution is 0.628. The Morgan fingerprint density at radius 2 is 1.88 bits per heavy atom. The van der Waals surface area contributed by atoms with E-state index in [4.69, 9.17) is 0 Å². The van der Waals surface area contributed by atoms with Crippen LogP contribution in [-0.2, 0) is 13.0 Å². The summed E-state index contributed by atoms with van der Waals surface area (Å²) in [4.78, 5) is 11.0. The highest BCUT2D eigenvalue weighted by Gasteiger charge is 2.17. The monoisotopic (exact) mass is 320 g/mol. The molecule has 1 aliphatic heterocycles. The van der Waals surface area contributed by atoms with Gasteiger partial charge in [0.1, 0.15) is 11.6 Å². The zero-order chi connectivity index (χ0) is 16.4. The Balaban J connectivity index is 1.55. The van der Waals surface area contributed by atoms with Crippen LogP contribution in [0.3, 0.4) is 0 Å². The first-order chi connectivity index (χ1) is 11.8. The Kier molecular flexibility index (Phi) is 3.83. The number of fused-ring (bicyclic) bond motifs is 1. The fraction of sp³-hybridized carbons (Fsp3) is 0.158. The number of anilines is 3. The van der Waals surface area contributed by atoms with E-state index in [2.05, 4.69) is 44.5 Å². The zero-order valence-electron chi connectivity index (χ0n) is 13.1. The normalized spacial score (nSPS) is 13.5. The van der Waals surface area contributed by atoms with Crippen molar-refractivity contribution in [2.24, 2.45) is 0 Å². The second kappa shape index (κ2) is 6.28. The maximum Gasteiger partial charge on any atom is 0.229 e. The quantitative estimate of drug-likeness (QED) is 0.794. The number of aromatic nitrogens is 2. The van der Waals surface area contributed by atoms with Crippen molar-refractivity contribution in [3.05, 3.63) is 77.7 Å². The van der Waals surface area contributed by atoms with Gasteiger partial charge in [0.2, 0.25) is 5.95 Å². The molecule has 0 aliphatic carbocycles. The Hall–Kier alpha value is -2.95. The van der Waals surface area contributed by atoms with E-state index in [0.717, 1.165) is 25.3 Å². The third-order valence-corrected chi connectivity index (χ3v) is 4.18. The molecule has 0 unspecified atom stereocenters. The van der Waals surface area contributed by atoms with Gasteiger partial charge in [0.05, 0.1) is 0 Å². The van der Waals surface area contributed by atoms with Crippen molar-refractivity contribution in [3.63, 3.8) is 0 Å². The lowest BCUT2D eigenvalue weighted by atomic mass is 10.00. The van der Waals surface area contributed by atoms with E-state index < -0.39 is 0 Å². The first-order valence-electron chi connectivity index (χ1n) is 7.95. The molecule has 24 heavy (non-hydrogen) atoms. The number of halogens is 1. The predicted octanol–water partition coefficient (Wildman–Crippen LogP) is 3.92. The summed E-state index contributed by atoms with van der Waals surface area (Å²) in [6, 6.07) is 16.7. The van der Waals surface area contributed by atoms with Crippen LogP contribution in [0.2, 0.25) is 0 Å². The summed E-state index contributed by atoms with van der Waals surface area (Å²) in [5.74, 6) is 1.05. The summed E-state index contributed by atoms with van der Waals surface area (Å²) >= 11 is 0. The molecular formula is C19H17FN4. The molecule has 120 valence electrons. The van der Waals surface area contributed by atoms with Crippen LogP contribution in [0.25, 0.3) is 0 Å². The summed E-state index contributed by atoms with van der Waals surface area (Å²) in [7, 11) is 0. The molecule has 1 aliphatic rings. The predicted molar refractivity (Wildman–Crippen MR) is 92.9 cm³/mol. The molecule has 4 rings (SSSR count). The molecule has 2 aromatic carbocycles. The van der Waals surface area contributed by atoms with Crippen molar-refractivity contribution in [3.8, 4) is 0 Å². The lowest BCUT2D eigenvalue weighted by Gasteiger charge is -2.29. The molecule has 4 nitrogen and oxygen atoms in total. The third-order valence-electron chi connectivity index (χ3n) is 4.18. The summed E-state index contributed by atoms with van der Waals surface area (Å²) in [5.41, 5.74) is 3.37. The average Bonchev–Trinajstić information content (AvgIpc) is 2.61. The number of hydrogen-bond donors (Lipinski definition) is 1. The van der Waals surface area contributed by atoms with Crippen molar-refractivity contribution in [2.75, 3.05) is 16.8 Å². The van der Waals surface area contributed by atoms with E-state index in [-0.39, 0.29) is 5.82 Å².